The molecule has 82 valence electrons. The summed E-state index contributed by atoms with van der Waals surface area (Å²) in [5.74, 6) is -0.512. The van der Waals surface area contributed by atoms with Gasteiger partial charge in [0.15, 0.2) is 0 Å². The maximum atomic E-state index is 11.6. The maximum Gasteiger partial charge on any atom is 0.335 e. The second-order valence-electron chi connectivity index (χ2n) is 3.29. The van der Waals surface area contributed by atoms with E-state index < -0.39 is 23.2 Å². The molecular formula is C9H13N3O3. The van der Waals surface area contributed by atoms with Crippen LogP contribution in [-0.4, -0.2) is 21.5 Å². The standard InChI is InChI=1S/C9H13N3O3/c1-3-6(10)8(14)12-4-5(2)7(13)11-9(12)15/h4,6H,3,10H2,1-2H3,(H,11,13,15)/t6-/m0/s1. The first-order chi connectivity index (χ1) is 6.97. The van der Waals surface area contributed by atoms with Gasteiger partial charge < -0.3 is 5.73 Å². The lowest BCUT2D eigenvalue weighted by atomic mass is 10.2. The molecule has 0 aromatic carbocycles. The Morgan fingerprint density at radius 1 is 1.60 bits per heavy atom. The summed E-state index contributed by atoms with van der Waals surface area (Å²) in [6.07, 6.45) is 1.64. The summed E-state index contributed by atoms with van der Waals surface area (Å²) in [7, 11) is 0. The second-order valence-corrected chi connectivity index (χ2v) is 3.29. The van der Waals surface area contributed by atoms with E-state index in [-0.39, 0.29) is 0 Å². The fraction of sp³-hybridized carbons (Fsp3) is 0.444. The Morgan fingerprint density at radius 3 is 2.73 bits per heavy atom. The van der Waals surface area contributed by atoms with Crippen LogP contribution < -0.4 is 17.0 Å². The quantitative estimate of drug-likeness (QED) is 0.670. The van der Waals surface area contributed by atoms with Crippen molar-refractivity contribution in [2.45, 2.75) is 26.3 Å². The lowest BCUT2D eigenvalue weighted by molar-refractivity contribution is 0.0870. The fourth-order valence-corrected chi connectivity index (χ4v) is 1.08. The average molecular weight is 211 g/mol. The van der Waals surface area contributed by atoms with E-state index in [9.17, 15) is 14.4 Å². The minimum Gasteiger partial charge on any atom is -0.320 e. The number of rotatable bonds is 2. The minimum absolute atomic E-state index is 0.297. The van der Waals surface area contributed by atoms with Crippen LogP contribution in [0.25, 0.3) is 0 Å². The fourth-order valence-electron chi connectivity index (χ4n) is 1.08. The number of H-pyrrole nitrogens is 1. The molecule has 0 fully saturated rings. The van der Waals surface area contributed by atoms with Crippen LogP contribution in [0.1, 0.15) is 23.7 Å². The largest absolute Gasteiger partial charge is 0.335 e. The van der Waals surface area contributed by atoms with Gasteiger partial charge >= 0.3 is 5.69 Å². The molecule has 1 heterocycles. The first-order valence-corrected chi connectivity index (χ1v) is 4.59. The number of nitrogens with two attached hydrogens (primary N) is 1. The molecule has 1 atom stereocenters. The molecule has 3 N–H and O–H groups in total. The molecular weight excluding hydrogens is 198 g/mol. The molecule has 1 aromatic rings. The molecule has 0 amide bonds. The smallest absolute Gasteiger partial charge is 0.320 e. The van der Waals surface area contributed by atoms with Gasteiger partial charge in [0.05, 0.1) is 6.04 Å². The van der Waals surface area contributed by atoms with E-state index in [0.717, 1.165) is 4.57 Å². The molecule has 0 saturated carbocycles. The van der Waals surface area contributed by atoms with Gasteiger partial charge in [0.2, 0.25) is 0 Å². The van der Waals surface area contributed by atoms with Crippen molar-refractivity contribution in [1.29, 1.82) is 0 Å². The molecule has 6 heteroatoms. The number of aryl methyl sites for hydroxylation is 1. The van der Waals surface area contributed by atoms with Gasteiger partial charge in [-0.3, -0.25) is 14.6 Å². The van der Waals surface area contributed by atoms with Crippen LogP contribution in [0, 0.1) is 6.92 Å². The van der Waals surface area contributed by atoms with Gasteiger partial charge in [0.1, 0.15) is 0 Å². The number of aromatic nitrogens is 2. The highest BCUT2D eigenvalue weighted by atomic mass is 16.2. The normalized spacial score (nSPS) is 12.5. The van der Waals surface area contributed by atoms with E-state index >= 15 is 0 Å². The van der Waals surface area contributed by atoms with Crippen molar-refractivity contribution >= 4 is 5.91 Å². The highest BCUT2D eigenvalue weighted by Crippen LogP contribution is 1.92. The van der Waals surface area contributed by atoms with Gasteiger partial charge in [0, 0.05) is 11.8 Å². The third-order valence-corrected chi connectivity index (χ3v) is 2.11. The third kappa shape index (κ3) is 2.21. The van der Waals surface area contributed by atoms with E-state index in [4.69, 9.17) is 5.73 Å². The number of carbonyl (C=O) groups is 1. The topological polar surface area (TPSA) is 97.9 Å². The van der Waals surface area contributed by atoms with Crippen molar-refractivity contribution in [3.05, 3.63) is 32.6 Å². The van der Waals surface area contributed by atoms with E-state index in [1.807, 2.05) is 4.98 Å². The van der Waals surface area contributed by atoms with Crippen molar-refractivity contribution in [2.24, 2.45) is 5.73 Å². The van der Waals surface area contributed by atoms with E-state index in [0.29, 0.717) is 12.0 Å². The Kier molecular flexibility index (Phi) is 3.21. The van der Waals surface area contributed by atoms with Crippen molar-refractivity contribution in [3.63, 3.8) is 0 Å². The summed E-state index contributed by atoms with van der Waals surface area (Å²) >= 11 is 0. The predicted molar refractivity (Wildman–Crippen MR) is 55.0 cm³/mol. The molecule has 0 aliphatic carbocycles. The molecule has 0 bridgehead atoms. The van der Waals surface area contributed by atoms with Gasteiger partial charge in [-0.15, -0.1) is 0 Å². The zero-order valence-electron chi connectivity index (χ0n) is 8.61. The van der Waals surface area contributed by atoms with Gasteiger partial charge in [-0.1, -0.05) is 6.92 Å². The number of nitrogens with one attached hydrogen (secondary N) is 1. The van der Waals surface area contributed by atoms with Crippen LogP contribution in [0.2, 0.25) is 0 Å². The Labute approximate surface area is 85.7 Å². The monoisotopic (exact) mass is 211 g/mol. The molecule has 6 nitrogen and oxygen atoms in total. The number of hydrogen-bond donors (Lipinski definition) is 2. The van der Waals surface area contributed by atoms with E-state index in [1.54, 1.807) is 6.92 Å². The number of nitrogens with zero attached hydrogens (tertiary/aromatic N) is 1. The van der Waals surface area contributed by atoms with E-state index in [2.05, 4.69) is 0 Å². The highest BCUT2D eigenvalue weighted by Gasteiger charge is 2.15. The molecule has 0 spiro atoms. The third-order valence-electron chi connectivity index (χ3n) is 2.11. The number of hydrogen-bond acceptors (Lipinski definition) is 4. The molecule has 15 heavy (non-hydrogen) atoms. The lowest BCUT2D eigenvalue weighted by Gasteiger charge is -2.09. The summed E-state index contributed by atoms with van der Waals surface area (Å²) in [6, 6.07) is -0.729. The summed E-state index contributed by atoms with van der Waals surface area (Å²) in [6.45, 7) is 3.26. The Bertz CT molecular complexity index is 486. The Morgan fingerprint density at radius 2 is 2.20 bits per heavy atom. The van der Waals surface area contributed by atoms with Crippen LogP contribution in [-0.2, 0) is 0 Å². The lowest BCUT2D eigenvalue weighted by Crippen LogP contribution is -2.42. The molecule has 0 aliphatic heterocycles. The average Bonchev–Trinajstić information content (AvgIpc) is 2.21. The van der Waals surface area contributed by atoms with Crippen LogP contribution in [0.3, 0.4) is 0 Å². The van der Waals surface area contributed by atoms with Crippen molar-refractivity contribution < 1.29 is 4.79 Å². The first-order valence-electron chi connectivity index (χ1n) is 4.59. The number of aromatic amines is 1. The van der Waals surface area contributed by atoms with Crippen molar-refractivity contribution in [3.8, 4) is 0 Å². The predicted octanol–water partition coefficient (Wildman–Crippen LogP) is -0.777. The molecule has 1 aromatic heterocycles. The van der Waals surface area contributed by atoms with Crippen LogP contribution in [0.4, 0.5) is 0 Å². The van der Waals surface area contributed by atoms with E-state index in [1.165, 1.54) is 13.1 Å². The summed E-state index contributed by atoms with van der Waals surface area (Å²) < 4.78 is 0.838. The van der Waals surface area contributed by atoms with Crippen LogP contribution in [0.15, 0.2) is 15.8 Å². The molecule has 0 radical (unpaired) electrons. The number of carbonyl (C=O) groups excluding carboxylic acids is 1. The van der Waals surface area contributed by atoms with Crippen molar-refractivity contribution in [2.75, 3.05) is 0 Å². The molecule has 1 rings (SSSR count). The first kappa shape index (κ1) is 11.4. The van der Waals surface area contributed by atoms with Crippen molar-refractivity contribution in [1.82, 2.24) is 9.55 Å². The van der Waals surface area contributed by atoms with Gasteiger partial charge in [-0.05, 0) is 13.3 Å². The zero-order valence-corrected chi connectivity index (χ0v) is 8.61. The second kappa shape index (κ2) is 4.22. The summed E-state index contributed by atoms with van der Waals surface area (Å²) in [5, 5.41) is 0. The SMILES string of the molecule is CC[C@H](N)C(=O)n1cc(C)c(=O)[nH]c1=O. The molecule has 0 unspecified atom stereocenters. The summed E-state index contributed by atoms with van der Waals surface area (Å²) in [4.78, 5) is 35.9. The maximum absolute atomic E-state index is 11.6. The molecule has 0 aliphatic rings. The Hall–Kier alpha value is -1.69. The van der Waals surface area contributed by atoms with Crippen LogP contribution >= 0.6 is 0 Å². The Balaban J connectivity index is 3.27. The molecule has 0 saturated heterocycles. The zero-order chi connectivity index (χ0) is 11.6. The van der Waals surface area contributed by atoms with Gasteiger partial charge in [-0.25, -0.2) is 9.36 Å². The van der Waals surface area contributed by atoms with Gasteiger partial charge in [-0.2, -0.15) is 0 Å². The highest BCUT2D eigenvalue weighted by molar-refractivity contribution is 5.83. The minimum atomic E-state index is -0.750. The summed E-state index contributed by atoms with van der Waals surface area (Å²) in [5.41, 5.74) is 4.56. The van der Waals surface area contributed by atoms with Crippen LogP contribution in [0.5, 0.6) is 0 Å². The van der Waals surface area contributed by atoms with Gasteiger partial charge in [0.25, 0.3) is 11.5 Å².